The number of carbonyl (C=O) groups is 1. The summed E-state index contributed by atoms with van der Waals surface area (Å²) in [6.07, 6.45) is 1.64. The molecule has 1 heterocycles. The molecule has 21 heavy (non-hydrogen) atoms. The molecular weight excluding hydrogens is 264 g/mol. The summed E-state index contributed by atoms with van der Waals surface area (Å²) in [5, 5.41) is 12.6. The Hall–Kier alpha value is -1.39. The molecule has 1 saturated heterocycles. The van der Waals surface area contributed by atoms with Gasteiger partial charge >= 0.3 is 0 Å². The highest BCUT2D eigenvalue weighted by atomic mass is 16.3. The van der Waals surface area contributed by atoms with Crippen molar-refractivity contribution in [2.75, 3.05) is 13.1 Å². The smallest absolute Gasteiger partial charge is 0.237 e. The summed E-state index contributed by atoms with van der Waals surface area (Å²) in [4.78, 5) is 13.9. The van der Waals surface area contributed by atoms with Crippen LogP contribution in [0.3, 0.4) is 0 Å². The molecule has 0 radical (unpaired) electrons. The second-order valence-corrected chi connectivity index (χ2v) is 6.57. The van der Waals surface area contributed by atoms with Crippen molar-refractivity contribution in [1.29, 1.82) is 0 Å². The molecule has 1 unspecified atom stereocenters. The molecule has 1 aromatic rings. The monoisotopic (exact) mass is 290 g/mol. The van der Waals surface area contributed by atoms with Gasteiger partial charge in [0.05, 0.1) is 11.6 Å². The molecule has 0 spiro atoms. The van der Waals surface area contributed by atoms with E-state index in [1.54, 1.807) is 0 Å². The van der Waals surface area contributed by atoms with Crippen LogP contribution in [0.2, 0.25) is 0 Å². The highest BCUT2D eigenvalue weighted by molar-refractivity contribution is 5.81. The minimum atomic E-state index is -0.616. The van der Waals surface area contributed by atoms with Gasteiger partial charge in [0.1, 0.15) is 0 Å². The fraction of sp³-hybridized carbons (Fsp3) is 0.588. The Balaban J connectivity index is 1.91. The molecule has 0 aliphatic carbocycles. The maximum absolute atomic E-state index is 11.7. The molecule has 1 aliphatic rings. The summed E-state index contributed by atoms with van der Waals surface area (Å²) < 4.78 is 0. The Morgan fingerprint density at radius 3 is 2.52 bits per heavy atom. The van der Waals surface area contributed by atoms with Gasteiger partial charge in [0.15, 0.2) is 0 Å². The Morgan fingerprint density at radius 1 is 1.29 bits per heavy atom. The first kappa shape index (κ1) is 16.0. The van der Waals surface area contributed by atoms with Gasteiger partial charge < -0.3 is 10.4 Å². The van der Waals surface area contributed by atoms with E-state index >= 15 is 0 Å². The standard InChI is InChI=1S/C17H26N2O2/c1-13-16(20)18-10-11-19(13)12-15-6-4-14(5-7-15)8-9-17(2,3)21/h4-7,13,21H,8-12H2,1-3H3,(H,18,20). The van der Waals surface area contributed by atoms with Gasteiger partial charge in [-0.2, -0.15) is 0 Å². The number of carbonyl (C=O) groups excluding carboxylic acids is 1. The van der Waals surface area contributed by atoms with Crippen molar-refractivity contribution in [2.45, 2.75) is 51.8 Å². The Kier molecular flexibility index (Phi) is 5.01. The first-order chi connectivity index (χ1) is 9.85. The summed E-state index contributed by atoms with van der Waals surface area (Å²) >= 11 is 0. The quantitative estimate of drug-likeness (QED) is 0.868. The van der Waals surface area contributed by atoms with E-state index in [0.29, 0.717) is 0 Å². The number of hydrogen-bond acceptors (Lipinski definition) is 3. The molecule has 1 atom stereocenters. The predicted molar refractivity (Wildman–Crippen MR) is 83.9 cm³/mol. The molecular formula is C17H26N2O2. The number of benzene rings is 1. The van der Waals surface area contributed by atoms with E-state index in [1.807, 2.05) is 20.8 Å². The number of nitrogens with one attached hydrogen (secondary N) is 1. The van der Waals surface area contributed by atoms with Crippen LogP contribution in [-0.2, 0) is 17.8 Å². The van der Waals surface area contributed by atoms with E-state index in [4.69, 9.17) is 0 Å². The lowest BCUT2D eigenvalue weighted by atomic mass is 9.98. The summed E-state index contributed by atoms with van der Waals surface area (Å²) in [7, 11) is 0. The van der Waals surface area contributed by atoms with Crippen LogP contribution in [0.15, 0.2) is 24.3 Å². The van der Waals surface area contributed by atoms with Gasteiger partial charge in [0.25, 0.3) is 0 Å². The minimum absolute atomic E-state index is 0.0615. The Morgan fingerprint density at radius 2 is 1.90 bits per heavy atom. The van der Waals surface area contributed by atoms with Crippen molar-refractivity contribution in [3.63, 3.8) is 0 Å². The molecule has 1 aliphatic heterocycles. The first-order valence-electron chi connectivity index (χ1n) is 7.67. The fourth-order valence-electron chi connectivity index (χ4n) is 2.54. The SMILES string of the molecule is CC1C(=O)NCCN1Cc1ccc(CCC(C)(C)O)cc1. The van der Waals surface area contributed by atoms with Crippen molar-refractivity contribution in [3.8, 4) is 0 Å². The van der Waals surface area contributed by atoms with Crippen LogP contribution in [0.25, 0.3) is 0 Å². The van der Waals surface area contributed by atoms with Gasteiger partial charge in [-0.1, -0.05) is 24.3 Å². The highest BCUT2D eigenvalue weighted by Crippen LogP contribution is 2.15. The number of hydrogen-bond donors (Lipinski definition) is 2. The zero-order valence-corrected chi connectivity index (χ0v) is 13.2. The molecule has 4 heteroatoms. The Bertz CT molecular complexity index is 477. The van der Waals surface area contributed by atoms with Crippen LogP contribution in [0.4, 0.5) is 0 Å². The number of aryl methyl sites for hydroxylation is 1. The second-order valence-electron chi connectivity index (χ2n) is 6.57. The molecule has 0 bridgehead atoms. The average Bonchev–Trinajstić information content (AvgIpc) is 2.42. The zero-order valence-electron chi connectivity index (χ0n) is 13.2. The van der Waals surface area contributed by atoms with Crippen LogP contribution in [-0.4, -0.2) is 40.6 Å². The largest absolute Gasteiger partial charge is 0.390 e. The average molecular weight is 290 g/mol. The van der Waals surface area contributed by atoms with E-state index < -0.39 is 5.60 Å². The van der Waals surface area contributed by atoms with Crippen molar-refractivity contribution >= 4 is 5.91 Å². The van der Waals surface area contributed by atoms with E-state index in [-0.39, 0.29) is 11.9 Å². The number of amides is 1. The number of rotatable bonds is 5. The maximum atomic E-state index is 11.7. The fourth-order valence-corrected chi connectivity index (χ4v) is 2.54. The predicted octanol–water partition coefficient (Wildman–Crippen LogP) is 1.71. The third-order valence-electron chi connectivity index (χ3n) is 4.06. The molecule has 1 aromatic carbocycles. The van der Waals surface area contributed by atoms with E-state index in [1.165, 1.54) is 11.1 Å². The molecule has 0 aromatic heterocycles. The van der Waals surface area contributed by atoms with E-state index in [2.05, 4.69) is 34.5 Å². The van der Waals surface area contributed by atoms with Crippen molar-refractivity contribution in [3.05, 3.63) is 35.4 Å². The molecule has 2 rings (SSSR count). The minimum Gasteiger partial charge on any atom is -0.390 e. The van der Waals surface area contributed by atoms with E-state index in [9.17, 15) is 9.90 Å². The second kappa shape index (κ2) is 6.58. The molecule has 2 N–H and O–H groups in total. The van der Waals surface area contributed by atoms with Gasteiger partial charge in [0.2, 0.25) is 5.91 Å². The van der Waals surface area contributed by atoms with Gasteiger partial charge in [-0.05, 0) is 44.7 Å². The molecule has 116 valence electrons. The lowest BCUT2D eigenvalue weighted by Gasteiger charge is -2.32. The van der Waals surface area contributed by atoms with Gasteiger partial charge in [-0.25, -0.2) is 0 Å². The third-order valence-corrected chi connectivity index (χ3v) is 4.06. The van der Waals surface area contributed by atoms with Crippen LogP contribution >= 0.6 is 0 Å². The molecule has 0 saturated carbocycles. The van der Waals surface area contributed by atoms with Crippen LogP contribution in [0.1, 0.15) is 38.3 Å². The topological polar surface area (TPSA) is 52.6 Å². The van der Waals surface area contributed by atoms with Crippen molar-refractivity contribution < 1.29 is 9.90 Å². The summed E-state index contributed by atoms with van der Waals surface area (Å²) in [6, 6.07) is 8.43. The molecule has 1 amide bonds. The van der Waals surface area contributed by atoms with Gasteiger partial charge in [-0.3, -0.25) is 9.69 Å². The lowest BCUT2D eigenvalue weighted by molar-refractivity contribution is -0.128. The van der Waals surface area contributed by atoms with Gasteiger partial charge in [-0.15, -0.1) is 0 Å². The van der Waals surface area contributed by atoms with Crippen LogP contribution < -0.4 is 5.32 Å². The zero-order chi connectivity index (χ0) is 15.5. The molecule has 1 fully saturated rings. The number of aliphatic hydroxyl groups is 1. The lowest BCUT2D eigenvalue weighted by Crippen LogP contribution is -2.53. The first-order valence-corrected chi connectivity index (χ1v) is 7.67. The summed E-state index contributed by atoms with van der Waals surface area (Å²) in [6.45, 7) is 8.06. The third kappa shape index (κ3) is 4.83. The van der Waals surface area contributed by atoms with Crippen LogP contribution in [0, 0.1) is 0 Å². The van der Waals surface area contributed by atoms with Gasteiger partial charge in [0, 0.05) is 19.6 Å². The summed E-state index contributed by atoms with van der Waals surface area (Å²) in [5.41, 5.74) is 1.85. The number of nitrogens with zero attached hydrogens (tertiary/aromatic N) is 1. The normalized spacial score (nSPS) is 20.4. The van der Waals surface area contributed by atoms with Crippen molar-refractivity contribution in [1.82, 2.24) is 10.2 Å². The number of piperazine rings is 1. The summed E-state index contributed by atoms with van der Waals surface area (Å²) in [5.74, 6) is 0.114. The molecule has 4 nitrogen and oxygen atoms in total. The van der Waals surface area contributed by atoms with Crippen LogP contribution in [0.5, 0.6) is 0 Å². The highest BCUT2D eigenvalue weighted by Gasteiger charge is 2.25. The van der Waals surface area contributed by atoms with E-state index in [0.717, 1.165) is 32.5 Å². The van der Waals surface area contributed by atoms with Crippen molar-refractivity contribution in [2.24, 2.45) is 0 Å². The Labute approximate surface area is 127 Å². The maximum Gasteiger partial charge on any atom is 0.237 e.